The highest BCUT2D eigenvalue weighted by atomic mass is 32.2. The molecule has 0 aromatic heterocycles. The van der Waals surface area contributed by atoms with E-state index >= 15 is 0 Å². The van der Waals surface area contributed by atoms with Gasteiger partial charge in [0.25, 0.3) is 0 Å². The Morgan fingerprint density at radius 1 is 1.12 bits per heavy atom. The fourth-order valence-corrected chi connectivity index (χ4v) is 2.47. The summed E-state index contributed by atoms with van der Waals surface area (Å²) in [6.07, 6.45) is 3.07. The van der Waals surface area contributed by atoms with E-state index in [1.54, 1.807) is 0 Å². The highest BCUT2D eigenvalue weighted by Crippen LogP contribution is 2.24. The second-order valence-corrected chi connectivity index (χ2v) is 5.74. The molecule has 0 aliphatic heterocycles. The molecule has 0 aromatic carbocycles. The van der Waals surface area contributed by atoms with E-state index in [9.17, 15) is 26.4 Å². The maximum atomic E-state index is 12.1. The standard InChI is InChI=1S/C9H14F3NO3S/c10-9(11,12)17(15,16)13-7-5-3-1-2-4-6-8(7)14/h7,13H,1-6H2. The van der Waals surface area contributed by atoms with Crippen molar-refractivity contribution in [1.82, 2.24) is 4.72 Å². The summed E-state index contributed by atoms with van der Waals surface area (Å²) >= 11 is 0. The number of halogens is 3. The molecular formula is C9H14F3NO3S. The van der Waals surface area contributed by atoms with E-state index in [4.69, 9.17) is 0 Å². The molecule has 1 fully saturated rings. The monoisotopic (exact) mass is 273 g/mol. The topological polar surface area (TPSA) is 63.2 Å². The Bertz CT molecular complexity index is 377. The van der Waals surface area contributed by atoms with Crippen LogP contribution >= 0.6 is 0 Å². The number of sulfonamides is 1. The quantitative estimate of drug-likeness (QED) is 0.833. The van der Waals surface area contributed by atoms with Crippen LogP contribution in [0.4, 0.5) is 13.2 Å². The number of hydrogen-bond donors (Lipinski definition) is 1. The van der Waals surface area contributed by atoms with Crippen molar-refractivity contribution in [2.24, 2.45) is 0 Å². The number of rotatable bonds is 2. The van der Waals surface area contributed by atoms with Gasteiger partial charge in [-0.3, -0.25) is 4.79 Å². The molecule has 100 valence electrons. The lowest BCUT2D eigenvalue weighted by Crippen LogP contribution is -2.46. The van der Waals surface area contributed by atoms with Gasteiger partial charge in [0, 0.05) is 6.42 Å². The largest absolute Gasteiger partial charge is 0.511 e. The van der Waals surface area contributed by atoms with Gasteiger partial charge < -0.3 is 0 Å². The van der Waals surface area contributed by atoms with Crippen LogP contribution in [-0.2, 0) is 14.8 Å². The number of hydrogen-bond acceptors (Lipinski definition) is 3. The first-order valence-electron chi connectivity index (χ1n) is 5.35. The third-order valence-electron chi connectivity index (χ3n) is 2.66. The Balaban J connectivity index is 2.74. The average molecular weight is 273 g/mol. The van der Waals surface area contributed by atoms with E-state index < -0.39 is 27.4 Å². The van der Waals surface area contributed by atoms with Gasteiger partial charge in [-0.2, -0.15) is 17.9 Å². The fourth-order valence-electron chi connectivity index (χ4n) is 1.72. The maximum Gasteiger partial charge on any atom is 0.511 e. The zero-order chi connectivity index (χ0) is 13.1. The molecule has 0 amide bonds. The normalized spacial score (nSPS) is 24.2. The number of ketones is 1. The first-order valence-corrected chi connectivity index (χ1v) is 6.83. The zero-order valence-corrected chi connectivity index (χ0v) is 9.90. The van der Waals surface area contributed by atoms with Gasteiger partial charge in [-0.05, 0) is 12.8 Å². The third kappa shape index (κ3) is 3.95. The van der Waals surface area contributed by atoms with Gasteiger partial charge in [0.05, 0.1) is 6.04 Å². The van der Waals surface area contributed by atoms with Gasteiger partial charge in [-0.15, -0.1) is 0 Å². The highest BCUT2D eigenvalue weighted by molar-refractivity contribution is 7.90. The van der Waals surface area contributed by atoms with Crippen molar-refractivity contribution in [2.75, 3.05) is 0 Å². The lowest BCUT2D eigenvalue weighted by molar-refractivity contribution is -0.121. The Morgan fingerprint density at radius 2 is 1.71 bits per heavy atom. The molecule has 0 radical (unpaired) electrons. The predicted molar refractivity (Wildman–Crippen MR) is 54.6 cm³/mol. The molecule has 1 N–H and O–H groups in total. The Hall–Kier alpha value is -0.630. The lowest BCUT2D eigenvalue weighted by Gasteiger charge is -2.20. The summed E-state index contributed by atoms with van der Waals surface area (Å²) in [7, 11) is -5.43. The summed E-state index contributed by atoms with van der Waals surface area (Å²) in [5.74, 6) is -0.461. The van der Waals surface area contributed by atoms with Crippen molar-refractivity contribution < 1.29 is 26.4 Å². The van der Waals surface area contributed by atoms with Crippen molar-refractivity contribution >= 4 is 15.8 Å². The van der Waals surface area contributed by atoms with Crippen molar-refractivity contribution in [3.05, 3.63) is 0 Å². The number of carbonyl (C=O) groups excluding carboxylic acids is 1. The van der Waals surface area contributed by atoms with Crippen LogP contribution in [0.5, 0.6) is 0 Å². The molecule has 0 saturated heterocycles. The van der Waals surface area contributed by atoms with Crippen LogP contribution in [0.1, 0.15) is 38.5 Å². The number of Topliss-reactive ketones (excluding diaryl/α,β-unsaturated/α-hetero) is 1. The van der Waals surface area contributed by atoms with Gasteiger partial charge in [0.1, 0.15) is 0 Å². The van der Waals surface area contributed by atoms with Crippen LogP contribution in [0.3, 0.4) is 0 Å². The molecule has 17 heavy (non-hydrogen) atoms. The van der Waals surface area contributed by atoms with Crippen LogP contribution in [0.2, 0.25) is 0 Å². The van der Waals surface area contributed by atoms with E-state index in [1.807, 2.05) is 0 Å². The summed E-state index contributed by atoms with van der Waals surface area (Å²) in [5, 5.41) is 0. The molecule has 0 aromatic rings. The molecule has 1 saturated carbocycles. The SMILES string of the molecule is O=C1CCCCCCC1NS(=O)(=O)C(F)(F)F. The van der Waals surface area contributed by atoms with E-state index in [0.29, 0.717) is 12.8 Å². The van der Waals surface area contributed by atoms with Crippen LogP contribution in [0, 0.1) is 0 Å². The van der Waals surface area contributed by atoms with Gasteiger partial charge in [0.2, 0.25) is 0 Å². The van der Waals surface area contributed by atoms with E-state index in [0.717, 1.165) is 12.8 Å². The molecule has 0 heterocycles. The zero-order valence-electron chi connectivity index (χ0n) is 9.09. The Morgan fingerprint density at radius 3 is 2.29 bits per heavy atom. The van der Waals surface area contributed by atoms with Crippen LogP contribution in [-0.4, -0.2) is 25.8 Å². The van der Waals surface area contributed by atoms with E-state index in [2.05, 4.69) is 0 Å². The molecule has 1 rings (SSSR count). The van der Waals surface area contributed by atoms with Crippen molar-refractivity contribution in [3.63, 3.8) is 0 Å². The first kappa shape index (κ1) is 14.4. The molecule has 0 spiro atoms. The summed E-state index contributed by atoms with van der Waals surface area (Å²) in [5.41, 5.74) is -5.37. The number of alkyl halides is 3. The molecule has 1 unspecified atom stereocenters. The van der Waals surface area contributed by atoms with E-state index in [-0.39, 0.29) is 12.8 Å². The molecule has 8 heteroatoms. The second-order valence-electron chi connectivity index (χ2n) is 4.04. The molecule has 0 bridgehead atoms. The fraction of sp³-hybridized carbons (Fsp3) is 0.889. The number of nitrogens with one attached hydrogen (secondary N) is 1. The molecule has 1 aliphatic rings. The van der Waals surface area contributed by atoms with Crippen LogP contribution < -0.4 is 4.72 Å². The predicted octanol–water partition coefficient (Wildman–Crippen LogP) is 1.72. The molecule has 1 aliphatic carbocycles. The smallest absolute Gasteiger partial charge is 0.298 e. The minimum absolute atomic E-state index is 0.130. The van der Waals surface area contributed by atoms with Crippen LogP contribution in [0.15, 0.2) is 0 Å². The molecular weight excluding hydrogens is 259 g/mol. The third-order valence-corrected chi connectivity index (χ3v) is 3.86. The summed E-state index contributed by atoms with van der Waals surface area (Å²) in [6, 6.07) is -1.23. The first-order chi connectivity index (χ1) is 7.74. The lowest BCUT2D eigenvalue weighted by atomic mass is 9.96. The van der Waals surface area contributed by atoms with E-state index in [1.165, 1.54) is 4.72 Å². The minimum Gasteiger partial charge on any atom is -0.298 e. The maximum absolute atomic E-state index is 12.1. The van der Waals surface area contributed by atoms with Crippen molar-refractivity contribution in [1.29, 1.82) is 0 Å². The summed E-state index contributed by atoms with van der Waals surface area (Å²) in [4.78, 5) is 11.5. The van der Waals surface area contributed by atoms with Crippen molar-refractivity contribution in [2.45, 2.75) is 50.1 Å². The van der Waals surface area contributed by atoms with Gasteiger partial charge >= 0.3 is 15.5 Å². The number of carbonyl (C=O) groups is 1. The van der Waals surface area contributed by atoms with Crippen LogP contribution in [0.25, 0.3) is 0 Å². The van der Waals surface area contributed by atoms with Crippen molar-refractivity contribution in [3.8, 4) is 0 Å². The second kappa shape index (κ2) is 5.34. The van der Waals surface area contributed by atoms with Gasteiger partial charge in [-0.1, -0.05) is 19.3 Å². The summed E-state index contributed by atoms with van der Waals surface area (Å²) < 4.78 is 59.6. The Labute approximate surface area is 97.6 Å². The molecule has 4 nitrogen and oxygen atoms in total. The average Bonchev–Trinajstić information content (AvgIpc) is 2.16. The van der Waals surface area contributed by atoms with Gasteiger partial charge in [0.15, 0.2) is 5.78 Å². The summed E-state index contributed by atoms with van der Waals surface area (Å²) in [6.45, 7) is 0. The Kier molecular flexibility index (Phi) is 4.54. The molecule has 1 atom stereocenters. The highest BCUT2D eigenvalue weighted by Gasteiger charge is 2.47. The minimum atomic E-state index is -5.43. The van der Waals surface area contributed by atoms with Gasteiger partial charge in [-0.25, -0.2) is 8.42 Å².